The Kier molecular flexibility index (Phi) is 4.67. The number of rotatable bonds is 4. The average molecular weight is 246 g/mol. The maximum Gasteiger partial charge on any atom is 0.137 e. The standard InChI is InChI=1S/C10H16ClN3S/c1-6(5-15-4)12-10-7(2)9(11)13-8(3)14-10/h6H,5H2,1-4H3,(H,12,13,14). The first-order valence-electron chi connectivity index (χ1n) is 4.80. The largest absolute Gasteiger partial charge is 0.366 e. The van der Waals surface area contributed by atoms with E-state index < -0.39 is 0 Å². The van der Waals surface area contributed by atoms with Crippen LogP contribution in [0.1, 0.15) is 18.3 Å². The second-order valence-corrected chi connectivity index (χ2v) is 4.80. The quantitative estimate of drug-likeness (QED) is 0.828. The zero-order valence-electron chi connectivity index (χ0n) is 9.47. The van der Waals surface area contributed by atoms with Crippen LogP contribution in [-0.2, 0) is 0 Å². The molecule has 0 amide bonds. The molecule has 1 atom stereocenters. The summed E-state index contributed by atoms with van der Waals surface area (Å²) < 4.78 is 0. The van der Waals surface area contributed by atoms with Gasteiger partial charge < -0.3 is 5.32 Å². The molecule has 1 aromatic heterocycles. The number of nitrogens with one attached hydrogen (secondary N) is 1. The number of thioether (sulfide) groups is 1. The fourth-order valence-corrected chi connectivity index (χ4v) is 2.06. The monoisotopic (exact) mass is 245 g/mol. The molecule has 0 aliphatic rings. The number of aryl methyl sites for hydroxylation is 1. The van der Waals surface area contributed by atoms with Crippen LogP contribution in [0, 0.1) is 13.8 Å². The summed E-state index contributed by atoms with van der Waals surface area (Å²) in [5, 5.41) is 3.87. The van der Waals surface area contributed by atoms with Crippen LogP contribution in [0.3, 0.4) is 0 Å². The minimum Gasteiger partial charge on any atom is -0.366 e. The van der Waals surface area contributed by atoms with Gasteiger partial charge in [-0.05, 0) is 27.0 Å². The van der Waals surface area contributed by atoms with Crippen molar-refractivity contribution in [1.29, 1.82) is 0 Å². The van der Waals surface area contributed by atoms with E-state index in [1.54, 1.807) is 11.8 Å². The number of anilines is 1. The molecule has 0 aliphatic heterocycles. The van der Waals surface area contributed by atoms with E-state index in [4.69, 9.17) is 11.6 Å². The van der Waals surface area contributed by atoms with Crippen molar-refractivity contribution in [3.8, 4) is 0 Å². The molecule has 0 aromatic carbocycles. The first-order valence-corrected chi connectivity index (χ1v) is 6.58. The van der Waals surface area contributed by atoms with E-state index in [0.29, 0.717) is 17.0 Å². The Hall–Kier alpha value is -0.480. The Morgan fingerprint density at radius 2 is 2.07 bits per heavy atom. The average Bonchev–Trinajstić information content (AvgIpc) is 2.13. The molecule has 0 bridgehead atoms. The summed E-state index contributed by atoms with van der Waals surface area (Å²) in [6.07, 6.45) is 2.09. The van der Waals surface area contributed by atoms with Crippen LogP contribution in [0.4, 0.5) is 5.82 Å². The van der Waals surface area contributed by atoms with Gasteiger partial charge in [-0.3, -0.25) is 0 Å². The lowest BCUT2D eigenvalue weighted by Gasteiger charge is -2.15. The van der Waals surface area contributed by atoms with Gasteiger partial charge in [-0.2, -0.15) is 11.8 Å². The summed E-state index contributed by atoms with van der Waals surface area (Å²) in [6, 6.07) is 0.379. The van der Waals surface area contributed by atoms with Gasteiger partial charge in [0.2, 0.25) is 0 Å². The lowest BCUT2D eigenvalue weighted by atomic mass is 10.3. The Labute approximate surface area is 100 Å². The number of hydrogen-bond acceptors (Lipinski definition) is 4. The maximum absolute atomic E-state index is 5.98. The van der Waals surface area contributed by atoms with E-state index in [1.165, 1.54) is 0 Å². The molecular weight excluding hydrogens is 230 g/mol. The molecule has 5 heteroatoms. The van der Waals surface area contributed by atoms with Crippen molar-refractivity contribution in [2.45, 2.75) is 26.8 Å². The first kappa shape index (κ1) is 12.6. The highest BCUT2D eigenvalue weighted by atomic mass is 35.5. The summed E-state index contributed by atoms with van der Waals surface area (Å²) in [4.78, 5) is 8.44. The third kappa shape index (κ3) is 3.54. The molecule has 0 radical (unpaired) electrons. The second-order valence-electron chi connectivity index (χ2n) is 3.54. The van der Waals surface area contributed by atoms with Crippen molar-refractivity contribution in [2.24, 2.45) is 0 Å². The van der Waals surface area contributed by atoms with E-state index in [-0.39, 0.29) is 0 Å². The molecule has 84 valence electrons. The highest BCUT2D eigenvalue weighted by molar-refractivity contribution is 7.98. The highest BCUT2D eigenvalue weighted by Crippen LogP contribution is 2.20. The summed E-state index contributed by atoms with van der Waals surface area (Å²) in [7, 11) is 0. The Bertz CT molecular complexity index is 344. The van der Waals surface area contributed by atoms with Gasteiger partial charge in [0.15, 0.2) is 0 Å². The molecule has 1 rings (SSSR count). The number of halogens is 1. The minimum absolute atomic E-state index is 0.379. The molecule has 0 saturated heterocycles. The van der Waals surface area contributed by atoms with Crippen molar-refractivity contribution in [3.05, 3.63) is 16.5 Å². The lowest BCUT2D eigenvalue weighted by Crippen LogP contribution is -2.19. The number of aromatic nitrogens is 2. The van der Waals surface area contributed by atoms with Gasteiger partial charge in [-0.25, -0.2) is 9.97 Å². The maximum atomic E-state index is 5.98. The molecule has 15 heavy (non-hydrogen) atoms. The zero-order valence-corrected chi connectivity index (χ0v) is 11.0. The minimum atomic E-state index is 0.379. The van der Waals surface area contributed by atoms with Gasteiger partial charge in [0.25, 0.3) is 0 Å². The van der Waals surface area contributed by atoms with Gasteiger partial charge in [0.1, 0.15) is 16.8 Å². The lowest BCUT2D eigenvalue weighted by molar-refractivity contribution is 0.887. The fourth-order valence-electron chi connectivity index (χ4n) is 1.26. The van der Waals surface area contributed by atoms with E-state index in [1.807, 2.05) is 13.8 Å². The van der Waals surface area contributed by atoms with Crippen LogP contribution in [0.25, 0.3) is 0 Å². The van der Waals surface area contributed by atoms with E-state index in [2.05, 4.69) is 28.5 Å². The second kappa shape index (κ2) is 5.56. The number of hydrogen-bond donors (Lipinski definition) is 1. The van der Waals surface area contributed by atoms with E-state index in [9.17, 15) is 0 Å². The molecule has 1 N–H and O–H groups in total. The molecule has 0 saturated carbocycles. The van der Waals surface area contributed by atoms with Gasteiger partial charge in [-0.1, -0.05) is 11.6 Å². The Balaban J connectivity index is 2.84. The summed E-state index contributed by atoms with van der Waals surface area (Å²) in [6.45, 7) is 5.90. The smallest absolute Gasteiger partial charge is 0.137 e. The Morgan fingerprint density at radius 3 is 2.67 bits per heavy atom. The molecule has 0 spiro atoms. The van der Waals surface area contributed by atoms with Crippen molar-refractivity contribution >= 4 is 29.2 Å². The number of nitrogens with zero attached hydrogens (tertiary/aromatic N) is 2. The molecule has 1 aromatic rings. The normalized spacial score (nSPS) is 12.6. The topological polar surface area (TPSA) is 37.8 Å². The predicted molar refractivity (Wildman–Crippen MR) is 68.0 cm³/mol. The van der Waals surface area contributed by atoms with Crippen molar-refractivity contribution in [3.63, 3.8) is 0 Å². The van der Waals surface area contributed by atoms with Crippen LogP contribution in [0.2, 0.25) is 5.15 Å². The van der Waals surface area contributed by atoms with Crippen LogP contribution in [0.5, 0.6) is 0 Å². The molecular formula is C10H16ClN3S. The van der Waals surface area contributed by atoms with Crippen LogP contribution in [-0.4, -0.2) is 28.0 Å². The SMILES string of the molecule is CSCC(C)Nc1nc(C)nc(Cl)c1C. The third-order valence-corrected chi connectivity index (χ3v) is 3.20. The summed E-state index contributed by atoms with van der Waals surface area (Å²) in [5.41, 5.74) is 0.912. The van der Waals surface area contributed by atoms with Gasteiger partial charge in [0, 0.05) is 17.4 Å². The van der Waals surface area contributed by atoms with Crippen LogP contribution < -0.4 is 5.32 Å². The highest BCUT2D eigenvalue weighted by Gasteiger charge is 2.09. The van der Waals surface area contributed by atoms with E-state index in [0.717, 1.165) is 17.1 Å². The molecule has 1 heterocycles. The molecule has 0 aliphatic carbocycles. The van der Waals surface area contributed by atoms with E-state index >= 15 is 0 Å². The van der Waals surface area contributed by atoms with Crippen molar-refractivity contribution in [2.75, 3.05) is 17.3 Å². The predicted octanol–water partition coefficient (Wildman–Crippen LogP) is 2.91. The summed E-state index contributed by atoms with van der Waals surface area (Å²) >= 11 is 7.79. The molecule has 3 nitrogen and oxygen atoms in total. The van der Waals surface area contributed by atoms with Gasteiger partial charge in [0.05, 0.1) is 0 Å². The van der Waals surface area contributed by atoms with Gasteiger partial charge >= 0.3 is 0 Å². The van der Waals surface area contributed by atoms with Gasteiger partial charge in [-0.15, -0.1) is 0 Å². The molecule has 0 fully saturated rings. The third-order valence-electron chi connectivity index (χ3n) is 2.00. The summed E-state index contributed by atoms with van der Waals surface area (Å²) in [5.74, 6) is 2.58. The zero-order chi connectivity index (χ0) is 11.4. The first-order chi connectivity index (χ1) is 7.04. The van der Waals surface area contributed by atoms with Crippen LogP contribution >= 0.6 is 23.4 Å². The van der Waals surface area contributed by atoms with Crippen molar-refractivity contribution < 1.29 is 0 Å². The molecule has 1 unspecified atom stereocenters. The van der Waals surface area contributed by atoms with Crippen LogP contribution in [0.15, 0.2) is 0 Å². The fraction of sp³-hybridized carbons (Fsp3) is 0.600. The van der Waals surface area contributed by atoms with Crippen molar-refractivity contribution in [1.82, 2.24) is 9.97 Å². The Morgan fingerprint density at radius 1 is 1.40 bits per heavy atom.